The molecule has 0 spiro atoms. The van der Waals surface area contributed by atoms with E-state index in [1.165, 1.54) is 0 Å². The van der Waals surface area contributed by atoms with E-state index in [0.717, 1.165) is 23.2 Å². The second kappa shape index (κ2) is 8.40. The van der Waals surface area contributed by atoms with Crippen molar-refractivity contribution in [3.8, 4) is 11.3 Å². The van der Waals surface area contributed by atoms with Gasteiger partial charge in [-0.2, -0.15) is 5.10 Å². The molecule has 2 heterocycles. The Morgan fingerprint density at radius 3 is 2.54 bits per heavy atom. The van der Waals surface area contributed by atoms with E-state index >= 15 is 0 Å². The number of rotatable bonds is 5. The fourth-order valence-corrected chi connectivity index (χ4v) is 3.56. The van der Waals surface area contributed by atoms with Gasteiger partial charge in [-0.3, -0.25) is 9.48 Å². The molecule has 1 saturated heterocycles. The molecule has 0 radical (unpaired) electrons. The number of morpholine rings is 1. The topological polar surface area (TPSA) is 47.4 Å². The van der Waals surface area contributed by atoms with Crippen LogP contribution in [0.1, 0.15) is 29.3 Å². The monoisotopic (exact) mass is 375 g/mol. The second-order valence-corrected chi connectivity index (χ2v) is 7.09. The van der Waals surface area contributed by atoms with E-state index < -0.39 is 0 Å². The lowest BCUT2D eigenvalue weighted by Gasteiger charge is -2.32. The molecule has 1 aromatic heterocycles. The molecular weight excluding hydrogens is 350 g/mol. The molecule has 0 N–H and O–H groups in total. The summed E-state index contributed by atoms with van der Waals surface area (Å²) >= 11 is 0. The maximum atomic E-state index is 13.3. The Morgan fingerprint density at radius 1 is 1.11 bits per heavy atom. The summed E-state index contributed by atoms with van der Waals surface area (Å²) in [5.74, 6) is 0.0277. The zero-order chi connectivity index (χ0) is 19.3. The highest BCUT2D eigenvalue weighted by molar-refractivity contribution is 5.99. The Hall–Kier alpha value is -2.92. The van der Waals surface area contributed by atoms with Crippen molar-refractivity contribution in [1.29, 1.82) is 0 Å². The van der Waals surface area contributed by atoms with Gasteiger partial charge in [0.1, 0.15) is 5.69 Å². The highest BCUT2D eigenvalue weighted by Crippen LogP contribution is 2.24. The van der Waals surface area contributed by atoms with Gasteiger partial charge in [-0.25, -0.2) is 0 Å². The summed E-state index contributed by atoms with van der Waals surface area (Å²) in [7, 11) is 0. The van der Waals surface area contributed by atoms with Gasteiger partial charge in [-0.15, -0.1) is 0 Å². The third-order valence-corrected chi connectivity index (χ3v) is 5.11. The molecule has 144 valence electrons. The zero-order valence-electron chi connectivity index (χ0n) is 16.1. The number of nitrogens with zero attached hydrogens (tertiary/aromatic N) is 3. The molecule has 3 aromatic rings. The Labute approximate surface area is 165 Å². The number of carbonyl (C=O) groups excluding carboxylic acids is 1. The summed E-state index contributed by atoms with van der Waals surface area (Å²) in [5.41, 5.74) is 3.50. The van der Waals surface area contributed by atoms with E-state index in [1.54, 1.807) is 0 Å². The van der Waals surface area contributed by atoms with Crippen LogP contribution in [-0.2, 0) is 11.3 Å². The number of hydrogen-bond donors (Lipinski definition) is 0. The van der Waals surface area contributed by atoms with Crippen LogP contribution in [0.5, 0.6) is 0 Å². The standard InChI is InChI=1S/C23H25N3O2/c1-2-20-16-25(13-14-28-20)23(27)21-17-26(15-18-9-5-3-6-10-18)24-22(21)19-11-7-4-8-12-19/h3-12,17,20H,2,13-16H2,1H3. The maximum absolute atomic E-state index is 13.3. The molecule has 0 aliphatic carbocycles. The van der Waals surface area contributed by atoms with Gasteiger partial charge in [0.15, 0.2) is 0 Å². The summed E-state index contributed by atoms with van der Waals surface area (Å²) in [6.07, 6.45) is 2.90. The summed E-state index contributed by atoms with van der Waals surface area (Å²) in [4.78, 5) is 15.2. The summed E-state index contributed by atoms with van der Waals surface area (Å²) in [5, 5.41) is 4.77. The van der Waals surface area contributed by atoms with E-state index in [4.69, 9.17) is 9.84 Å². The molecule has 1 atom stereocenters. The minimum atomic E-state index is 0.0277. The van der Waals surface area contributed by atoms with Crippen LogP contribution < -0.4 is 0 Å². The molecule has 1 amide bonds. The molecule has 1 aliphatic heterocycles. The van der Waals surface area contributed by atoms with E-state index in [-0.39, 0.29) is 12.0 Å². The van der Waals surface area contributed by atoms with Crippen molar-refractivity contribution in [1.82, 2.24) is 14.7 Å². The zero-order valence-corrected chi connectivity index (χ0v) is 16.1. The number of aromatic nitrogens is 2. The van der Waals surface area contributed by atoms with Gasteiger partial charge in [-0.1, -0.05) is 67.6 Å². The normalized spacial score (nSPS) is 16.9. The van der Waals surface area contributed by atoms with Crippen molar-refractivity contribution in [3.05, 3.63) is 78.0 Å². The second-order valence-electron chi connectivity index (χ2n) is 7.09. The predicted octanol–water partition coefficient (Wildman–Crippen LogP) is 3.85. The number of ether oxygens (including phenoxy) is 1. The third kappa shape index (κ3) is 3.99. The lowest BCUT2D eigenvalue weighted by atomic mass is 10.1. The minimum absolute atomic E-state index is 0.0277. The van der Waals surface area contributed by atoms with Crippen LogP contribution in [0.2, 0.25) is 0 Å². The van der Waals surface area contributed by atoms with Gasteiger partial charge in [0.25, 0.3) is 5.91 Å². The molecule has 1 unspecified atom stereocenters. The van der Waals surface area contributed by atoms with Crippen molar-refractivity contribution in [2.75, 3.05) is 19.7 Å². The molecule has 5 heteroatoms. The first kappa shape index (κ1) is 18.4. The van der Waals surface area contributed by atoms with E-state index in [9.17, 15) is 4.79 Å². The fourth-order valence-electron chi connectivity index (χ4n) is 3.56. The average molecular weight is 375 g/mol. The van der Waals surface area contributed by atoms with Crippen LogP contribution in [0.3, 0.4) is 0 Å². The predicted molar refractivity (Wildman–Crippen MR) is 109 cm³/mol. The number of hydrogen-bond acceptors (Lipinski definition) is 3. The van der Waals surface area contributed by atoms with Gasteiger partial charge >= 0.3 is 0 Å². The molecule has 1 aliphatic rings. The molecule has 5 nitrogen and oxygen atoms in total. The third-order valence-electron chi connectivity index (χ3n) is 5.11. The summed E-state index contributed by atoms with van der Waals surface area (Å²) < 4.78 is 7.59. The lowest BCUT2D eigenvalue weighted by molar-refractivity contribution is -0.0226. The van der Waals surface area contributed by atoms with Gasteiger partial charge in [0.2, 0.25) is 0 Å². The Kier molecular flexibility index (Phi) is 5.53. The van der Waals surface area contributed by atoms with Gasteiger partial charge in [-0.05, 0) is 12.0 Å². The van der Waals surface area contributed by atoms with Crippen molar-refractivity contribution in [3.63, 3.8) is 0 Å². The first-order chi connectivity index (χ1) is 13.7. The van der Waals surface area contributed by atoms with Crippen LogP contribution in [-0.4, -0.2) is 46.4 Å². The SMILES string of the molecule is CCC1CN(C(=O)c2cn(Cc3ccccc3)nc2-c2ccccc2)CCO1. The molecule has 28 heavy (non-hydrogen) atoms. The minimum Gasteiger partial charge on any atom is -0.375 e. The van der Waals surface area contributed by atoms with Crippen LogP contribution in [0.25, 0.3) is 11.3 Å². The highest BCUT2D eigenvalue weighted by Gasteiger charge is 2.27. The lowest BCUT2D eigenvalue weighted by Crippen LogP contribution is -2.45. The molecule has 1 fully saturated rings. The Morgan fingerprint density at radius 2 is 1.82 bits per heavy atom. The number of benzene rings is 2. The van der Waals surface area contributed by atoms with Gasteiger partial charge in [0.05, 0.1) is 24.8 Å². The quantitative estimate of drug-likeness (QED) is 0.681. The average Bonchev–Trinajstić information content (AvgIpc) is 3.18. The number of amides is 1. The van der Waals surface area contributed by atoms with Crippen molar-refractivity contribution >= 4 is 5.91 Å². The summed E-state index contributed by atoms with van der Waals surface area (Å²) in [6.45, 7) is 4.56. The molecule has 0 saturated carbocycles. The first-order valence-electron chi connectivity index (χ1n) is 9.82. The van der Waals surface area contributed by atoms with Crippen molar-refractivity contribution in [2.45, 2.75) is 26.0 Å². The first-order valence-corrected chi connectivity index (χ1v) is 9.82. The smallest absolute Gasteiger partial charge is 0.257 e. The van der Waals surface area contributed by atoms with Crippen molar-refractivity contribution in [2.24, 2.45) is 0 Å². The maximum Gasteiger partial charge on any atom is 0.257 e. The number of carbonyl (C=O) groups is 1. The van der Waals surface area contributed by atoms with Crippen LogP contribution in [0, 0.1) is 0 Å². The molecule has 4 rings (SSSR count). The van der Waals surface area contributed by atoms with Crippen molar-refractivity contribution < 1.29 is 9.53 Å². The summed E-state index contributed by atoms with van der Waals surface area (Å²) in [6, 6.07) is 20.1. The Balaban J connectivity index is 1.67. The van der Waals surface area contributed by atoms with Crippen LogP contribution in [0.4, 0.5) is 0 Å². The molecular formula is C23H25N3O2. The fraction of sp³-hybridized carbons (Fsp3) is 0.304. The van der Waals surface area contributed by atoms with Crippen LogP contribution >= 0.6 is 0 Å². The molecule has 2 aromatic carbocycles. The van der Waals surface area contributed by atoms with Gasteiger partial charge < -0.3 is 9.64 Å². The van der Waals surface area contributed by atoms with E-state index in [0.29, 0.717) is 31.8 Å². The largest absolute Gasteiger partial charge is 0.375 e. The van der Waals surface area contributed by atoms with Gasteiger partial charge in [0, 0.05) is 24.8 Å². The highest BCUT2D eigenvalue weighted by atomic mass is 16.5. The van der Waals surface area contributed by atoms with E-state index in [1.807, 2.05) is 64.3 Å². The Bertz CT molecular complexity index is 922. The van der Waals surface area contributed by atoms with E-state index in [2.05, 4.69) is 19.1 Å². The molecule has 0 bridgehead atoms. The van der Waals surface area contributed by atoms with Crippen LogP contribution in [0.15, 0.2) is 66.9 Å².